The Morgan fingerprint density at radius 2 is 2.56 bits per heavy atom. The molecule has 0 aliphatic carbocycles. The summed E-state index contributed by atoms with van der Waals surface area (Å²) in [7, 11) is 1.89. The van der Waals surface area contributed by atoms with Crippen LogP contribution in [0.1, 0.15) is 18.2 Å². The van der Waals surface area contributed by atoms with Gasteiger partial charge in [0.05, 0.1) is 12.3 Å². The molecule has 1 aromatic rings. The number of rotatable bonds is 4. The molecule has 0 radical (unpaired) electrons. The maximum atomic E-state index is 11.9. The highest BCUT2D eigenvalue weighted by Gasteiger charge is 2.21. The van der Waals surface area contributed by atoms with Crippen LogP contribution >= 0.6 is 0 Å². The summed E-state index contributed by atoms with van der Waals surface area (Å²) in [6.07, 6.45) is 2.44. The van der Waals surface area contributed by atoms with Crippen LogP contribution in [-0.4, -0.2) is 41.5 Å². The van der Waals surface area contributed by atoms with Crippen LogP contribution in [0.4, 0.5) is 0 Å². The Morgan fingerprint density at radius 3 is 3.22 bits per heavy atom. The summed E-state index contributed by atoms with van der Waals surface area (Å²) in [5, 5.41) is 10.4. The highest BCUT2D eigenvalue weighted by Crippen LogP contribution is 2.07. The molecular formula is C12H20N4O2. The van der Waals surface area contributed by atoms with Gasteiger partial charge in [-0.3, -0.25) is 9.48 Å². The molecule has 1 atom stereocenters. The van der Waals surface area contributed by atoms with Crippen LogP contribution < -0.4 is 10.6 Å². The first-order valence-corrected chi connectivity index (χ1v) is 6.32. The van der Waals surface area contributed by atoms with E-state index in [1.807, 2.05) is 13.2 Å². The van der Waals surface area contributed by atoms with Crippen molar-refractivity contribution < 1.29 is 9.53 Å². The van der Waals surface area contributed by atoms with E-state index < -0.39 is 0 Å². The fourth-order valence-corrected chi connectivity index (χ4v) is 2.06. The Kier molecular flexibility index (Phi) is 4.33. The van der Waals surface area contributed by atoms with Gasteiger partial charge < -0.3 is 15.4 Å². The second-order valence-electron chi connectivity index (χ2n) is 4.41. The van der Waals surface area contributed by atoms with E-state index in [2.05, 4.69) is 22.7 Å². The van der Waals surface area contributed by atoms with Gasteiger partial charge in [0.2, 0.25) is 0 Å². The van der Waals surface area contributed by atoms with Gasteiger partial charge in [0.1, 0.15) is 6.10 Å². The summed E-state index contributed by atoms with van der Waals surface area (Å²) in [6.45, 7) is 4.55. The number of amides is 1. The van der Waals surface area contributed by atoms with Gasteiger partial charge in [-0.25, -0.2) is 0 Å². The summed E-state index contributed by atoms with van der Waals surface area (Å²) < 4.78 is 7.17. The lowest BCUT2D eigenvalue weighted by Crippen LogP contribution is -2.47. The van der Waals surface area contributed by atoms with E-state index in [-0.39, 0.29) is 12.0 Å². The fourth-order valence-electron chi connectivity index (χ4n) is 2.06. The molecule has 1 fully saturated rings. The molecule has 0 aromatic carbocycles. The predicted molar refractivity (Wildman–Crippen MR) is 67.0 cm³/mol. The van der Waals surface area contributed by atoms with Crippen molar-refractivity contribution in [2.45, 2.75) is 26.0 Å². The SMILES string of the molecule is CCc1nn(C)cc1CNC(=O)C1CNCCO1. The van der Waals surface area contributed by atoms with Gasteiger partial charge in [-0.05, 0) is 6.42 Å². The molecular weight excluding hydrogens is 232 g/mol. The van der Waals surface area contributed by atoms with Gasteiger partial charge in [-0.15, -0.1) is 0 Å². The van der Waals surface area contributed by atoms with Crippen LogP contribution in [0.5, 0.6) is 0 Å². The molecule has 1 unspecified atom stereocenters. The molecule has 0 spiro atoms. The maximum Gasteiger partial charge on any atom is 0.250 e. The molecule has 1 amide bonds. The van der Waals surface area contributed by atoms with Gasteiger partial charge >= 0.3 is 0 Å². The third-order valence-electron chi connectivity index (χ3n) is 3.00. The number of hydrogen-bond donors (Lipinski definition) is 2. The van der Waals surface area contributed by atoms with Crippen molar-refractivity contribution >= 4 is 5.91 Å². The Balaban J connectivity index is 1.88. The number of carbonyl (C=O) groups excluding carboxylic acids is 1. The number of aryl methyl sites for hydroxylation is 2. The number of aromatic nitrogens is 2. The van der Waals surface area contributed by atoms with E-state index >= 15 is 0 Å². The molecule has 1 aliphatic heterocycles. The number of carbonyl (C=O) groups is 1. The molecule has 100 valence electrons. The summed E-state index contributed by atoms with van der Waals surface area (Å²) >= 11 is 0. The maximum absolute atomic E-state index is 11.9. The Bertz CT molecular complexity index is 410. The first-order valence-electron chi connectivity index (χ1n) is 6.32. The quantitative estimate of drug-likeness (QED) is 0.764. The van der Waals surface area contributed by atoms with Crippen LogP contribution in [-0.2, 0) is 29.5 Å². The van der Waals surface area contributed by atoms with Crippen LogP contribution in [0.2, 0.25) is 0 Å². The highest BCUT2D eigenvalue weighted by atomic mass is 16.5. The first kappa shape index (κ1) is 13.0. The Morgan fingerprint density at radius 1 is 1.72 bits per heavy atom. The number of nitrogens with zero attached hydrogens (tertiary/aromatic N) is 2. The van der Waals surface area contributed by atoms with Crippen molar-refractivity contribution in [3.05, 3.63) is 17.5 Å². The van der Waals surface area contributed by atoms with Gasteiger partial charge in [-0.2, -0.15) is 5.10 Å². The van der Waals surface area contributed by atoms with Gasteiger partial charge in [0.15, 0.2) is 0 Å². The molecule has 6 nitrogen and oxygen atoms in total. The first-order chi connectivity index (χ1) is 8.70. The fraction of sp³-hybridized carbons (Fsp3) is 0.667. The van der Waals surface area contributed by atoms with Crippen LogP contribution in [0.25, 0.3) is 0 Å². The number of ether oxygens (including phenoxy) is 1. The minimum absolute atomic E-state index is 0.0619. The molecule has 2 rings (SSSR count). The van der Waals surface area contributed by atoms with E-state index in [4.69, 9.17) is 4.74 Å². The van der Waals surface area contributed by atoms with E-state index in [0.29, 0.717) is 19.7 Å². The summed E-state index contributed by atoms with van der Waals surface area (Å²) in [6, 6.07) is 0. The minimum atomic E-state index is -0.375. The monoisotopic (exact) mass is 252 g/mol. The van der Waals surface area contributed by atoms with Gasteiger partial charge in [0.25, 0.3) is 5.91 Å². The van der Waals surface area contributed by atoms with E-state index in [9.17, 15) is 4.79 Å². The van der Waals surface area contributed by atoms with Crippen molar-refractivity contribution in [2.24, 2.45) is 7.05 Å². The largest absolute Gasteiger partial charge is 0.366 e. The summed E-state index contributed by atoms with van der Waals surface area (Å²) in [5.41, 5.74) is 2.10. The zero-order valence-electron chi connectivity index (χ0n) is 10.9. The zero-order valence-corrected chi connectivity index (χ0v) is 10.9. The third kappa shape index (κ3) is 3.08. The molecule has 1 aliphatic rings. The van der Waals surface area contributed by atoms with Gasteiger partial charge in [0, 0.05) is 38.4 Å². The molecule has 2 heterocycles. The second-order valence-corrected chi connectivity index (χ2v) is 4.41. The molecule has 1 aromatic heterocycles. The van der Waals surface area contributed by atoms with Crippen LogP contribution in [0, 0.1) is 0 Å². The Hall–Kier alpha value is -1.40. The molecule has 18 heavy (non-hydrogen) atoms. The van der Waals surface area contributed by atoms with E-state index in [1.54, 1.807) is 4.68 Å². The number of hydrogen-bond acceptors (Lipinski definition) is 4. The van der Waals surface area contributed by atoms with Gasteiger partial charge in [-0.1, -0.05) is 6.92 Å². The number of nitrogens with one attached hydrogen (secondary N) is 2. The molecule has 2 N–H and O–H groups in total. The smallest absolute Gasteiger partial charge is 0.250 e. The van der Waals surface area contributed by atoms with Crippen molar-refractivity contribution in [3.8, 4) is 0 Å². The normalized spacial score (nSPS) is 19.8. The Labute approximate surface area is 107 Å². The predicted octanol–water partition coefficient (Wildman–Crippen LogP) is -0.413. The second kappa shape index (κ2) is 5.97. The lowest BCUT2D eigenvalue weighted by atomic mass is 10.2. The minimum Gasteiger partial charge on any atom is -0.366 e. The lowest BCUT2D eigenvalue weighted by Gasteiger charge is -2.22. The molecule has 1 saturated heterocycles. The summed E-state index contributed by atoms with van der Waals surface area (Å²) in [4.78, 5) is 11.9. The number of morpholine rings is 1. The van der Waals surface area contributed by atoms with E-state index in [1.165, 1.54) is 0 Å². The molecule has 0 bridgehead atoms. The third-order valence-corrected chi connectivity index (χ3v) is 3.00. The van der Waals surface area contributed by atoms with Crippen LogP contribution in [0.15, 0.2) is 6.20 Å². The summed E-state index contributed by atoms with van der Waals surface area (Å²) in [5.74, 6) is -0.0619. The highest BCUT2D eigenvalue weighted by molar-refractivity contribution is 5.81. The zero-order chi connectivity index (χ0) is 13.0. The van der Waals surface area contributed by atoms with Crippen molar-refractivity contribution in [2.75, 3.05) is 19.7 Å². The van der Waals surface area contributed by atoms with E-state index in [0.717, 1.165) is 24.2 Å². The van der Waals surface area contributed by atoms with Crippen molar-refractivity contribution in [1.82, 2.24) is 20.4 Å². The average Bonchev–Trinajstić information content (AvgIpc) is 2.77. The molecule has 6 heteroatoms. The average molecular weight is 252 g/mol. The van der Waals surface area contributed by atoms with Crippen LogP contribution in [0.3, 0.4) is 0 Å². The topological polar surface area (TPSA) is 68.2 Å². The van der Waals surface area contributed by atoms with Crippen molar-refractivity contribution in [3.63, 3.8) is 0 Å². The molecule has 0 saturated carbocycles. The standard InChI is InChI=1S/C12H20N4O2/c1-3-10-9(8-16(2)15-10)6-14-12(17)11-7-13-4-5-18-11/h8,11,13H,3-7H2,1-2H3,(H,14,17). The van der Waals surface area contributed by atoms with Crippen molar-refractivity contribution in [1.29, 1.82) is 0 Å². The lowest BCUT2D eigenvalue weighted by molar-refractivity contribution is -0.134.